The van der Waals surface area contributed by atoms with Gasteiger partial charge in [-0.15, -0.1) is 0 Å². The molecule has 2 rings (SSSR count). The molecule has 5 heteroatoms. The lowest BCUT2D eigenvalue weighted by atomic mass is 9.85. The van der Waals surface area contributed by atoms with Crippen LogP contribution in [0.25, 0.3) is 0 Å². The van der Waals surface area contributed by atoms with Crippen LogP contribution < -0.4 is 0 Å². The van der Waals surface area contributed by atoms with Crippen LogP contribution >= 0.6 is 0 Å². The third-order valence-corrected chi connectivity index (χ3v) is 4.13. The monoisotopic (exact) mass is 306 g/mol. The summed E-state index contributed by atoms with van der Waals surface area (Å²) in [5, 5.41) is 10.4. The van der Waals surface area contributed by atoms with Crippen LogP contribution in [0.15, 0.2) is 35.5 Å². The second-order valence-electron chi connectivity index (χ2n) is 5.99. The summed E-state index contributed by atoms with van der Waals surface area (Å²) in [4.78, 5) is 23.0. The molecule has 1 aliphatic heterocycles. The Morgan fingerprint density at radius 1 is 1.45 bits per heavy atom. The third-order valence-electron chi connectivity index (χ3n) is 4.13. The van der Waals surface area contributed by atoms with E-state index in [1.54, 1.807) is 6.08 Å². The van der Waals surface area contributed by atoms with E-state index in [9.17, 15) is 14.7 Å². The fraction of sp³-hybridized carbons (Fsp3) is 0.529. The molecule has 2 aliphatic rings. The lowest BCUT2D eigenvalue weighted by Gasteiger charge is -2.25. The highest BCUT2D eigenvalue weighted by Crippen LogP contribution is 2.34. The summed E-state index contributed by atoms with van der Waals surface area (Å²) in [5.74, 6) is -1.31. The first-order valence-corrected chi connectivity index (χ1v) is 7.38. The number of fused-ring (bicyclic) bond motifs is 1. The molecular formula is C17H22O5. The largest absolute Gasteiger partial charge is 0.458 e. The highest BCUT2D eigenvalue weighted by atomic mass is 16.6. The average Bonchev–Trinajstić information content (AvgIpc) is 2.68. The first kappa shape index (κ1) is 16.5. The van der Waals surface area contributed by atoms with Crippen molar-refractivity contribution in [1.82, 2.24) is 0 Å². The number of hydrogen-bond acceptors (Lipinski definition) is 5. The lowest BCUT2D eigenvalue weighted by Crippen LogP contribution is -2.30. The Kier molecular flexibility index (Phi) is 4.86. The average molecular weight is 306 g/mol. The van der Waals surface area contributed by atoms with Gasteiger partial charge in [-0.05, 0) is 31.9 Å². The molecule has 1 fully saturated rings. The minimum atomic E-state index is -0.727. The zero-order chi connectivity index (χ0) is 16.4. The molecule has 0 aromatic rings. The van der Waals surface area contributed by atoms with Gasteiger partial charge in [-0.25, -0.2) is 4.79 Å². The molecule has 1 heterocycles. The van der Waals surface area contributed by atoms with Gasteiger partial charge in [0.15, 0.2) is 0 Å². The molecule has 22 heavy (non-hydrogen) atoms. The van der Waals surface area contributed by atoms with Gasteiger partial charge in [-0.2, -0.15) is 0 Å². The highest BCUT2D eigenvalue weighted by Gasteiger charge is 2.42. The molecule has 0 amide bonds. The van der Waals surface area contributed by atoms with Crippen LogP contribution in [-0.4, -0.2) is 35.4 Å². The predicted molar refractivity (Wildman–Crippen MR) is 80.8 cm³/mol. The van der Waals surface area contributed by atoms with Crippen molar-refractivity contribution in [2.24, 2.45) is 5.92 Å². The normalized spacial score (nSPS) is 37.3. The van der Waals surface area contributed by atoms with E-state index in [4.69, 9.17) is 9.47 Å². The van der Waals surface area contributed by atoms with E-state index in [-0.39, 0.29) is 5.97 Å². The molecular weight excluding hydrogens is 284 g/mol. The van der Waals surface area contributed by atoms with Crippen molar-refractivity contribution in [3.8, 4) is 0 Å². The standard InChI is InChI=1S/C17H22O5/c1-9-5-6-14(21-12(4)18)10(2)8-15-16(13(19)7-9)11(3)17(20)22-15/h5,8,13-16,19H,3,6-7H2,1-2,4H3/b9-5+,10-8+/t13-,14+,15+,16+/m0/s1. The Hall–Kier alpha value is -1.88. The second-order valence-corrected chi connectivity index (χ2v) is 5.99. The van der Waals surface area contributed by atoms with Crippen molar-refractivity contribution >= 4 is 11.9 Å². The molecule has 1 N–H and O–H groups in total. The van der Waals surface area contributed by atoms with Gasteiger partial charge in [-0.1, -0.05) is 18.2 Å². The number of carbonyl (C=O) groups is 2. The van der Waals surface area contributed by atoms with Gasteiger partial charge in [0, 0.05) is 18.9 Å². The maximum absolute atomic E-state index is 11.8. The zero-order valence-electron chi connectivity index (χ0n) is 13.2. The van der Waals surface area contributed by atoms with Crippen LogP contribution in [0.1, 0.15) is 33.6 Å². The highest BCUT2D eigenvalue weighted by molar-refractivity contribution is 5.91. The molecule has 5 nitrogen and oxygen atoms in total. The van der Waals surface area contributed by atoms with E-state index in [2.05, 4.69) is 6.58 Å². The number of aliphatic hydroxyl groups is 1. The SMILES string of the molecule is C=C1C(=O)O[C@@H]2/C=C(\C)[C@H](OC(C)=O)C/C=C(\C)C[C@H](O)[C@@H]12. The van der Waals surface area contributed by atoms with Crippen LogP contribution in [0.3, 0.4) is 0 Å². The van der Waals surface area contributed by atoms with Crippen LogP contribution in [0.4, 0.5) is 0 Å². The predicted octanol–water partition coefficient (Wildman–Crippen LogP) is 2.06. The van der Waals surface area contributed by atoms with Gasteiger partial charge in [0.2, 0.25) is 0 Å². The molecule has 1 aliphatic carbocycles. The minimum Gasteiger partial charge on any atom is -0.458 e. The number of hydrogen-bond donors (Lipinski definition) is 1. The quantitative estimate of drug-likeness (QED) is 0.456. The van der Waals surface area contributed by atoms with Crippen LogP contribution in [0.5, 0.6) is 0 Å². The van der Waals surface area contributed by atoms with E-state index < -0.39 is 30.2 Å². The maximum atomic E-state index is 11.8. The first-order valence-electron chi connectivity index (χ1n) is 7.38. The van der Waals surface area contributed by atoms with Gasteiger partial charge < -0.3 is 14.6 Å². The molecule has 0 radical (unpaired) electrons. The molecule has 0 aromatic heterocycles. The fourth-order valence-electron chi connectivity index (χ4n) is 2.94. The molecule has 0 bridgehead atoms. The summed E-state index contributed by atoms with van der Waals surface area (Å²) < 4.78 is 10.6. The van der Waals surface area contributed by atoms with E-state index >= 15 is 0 Å². The van der Waals surface area contributed by atoms with Gasteiger partial charge in [0.25, 0.3) is 0 Å². The van der Waals surface area contributed by atoms with E-state index in [0.717, 1.165) is 11.1 Å². The van der Waals surface area contributed by atoms with Crippen molar-refractivity contribution in [2.45, 2.75) is 51.9 Å². The van der Waals surface area contributed by atoms with E-state index in [1.807, 2.05) is 19.9 Å². The third kappa shape index (κ3) is 3.47. The molecule has 120 valence electrons. The van der Waals surface area contributed by atoms with Crippen LogP contribution in [0.2, 0.25) is 0 Å². The summed E-state index contributed by atoms with van der Waals surface area (Å²) in [6.45, 7) is 8.85. The van der Waals surface area contributed by atoms with E-state index in [0.29, 0.717) is 18.4 Å². The number of ether oxygens (including phenoxy) is 2. The topological polar surface area (TPSA) is 72.8 Å². The Balaban J connectivity index is 2.37. The van der Waals surface area contributed by atoms with Gasteiger partial charge in [0.05, 0.1) is 12.0 Å². The molecule has 0 unspecified atom stereocenters. The number of aliphatic hydroxyl groups excluding tert-OH is 1. The van der Waals surface area contributed by atoms with E-state index in [1.165, 1.54) is 6.92 Å². The Labute approximate surface area is 130 Å². The van der Waals surface area contributed by atoms with Crippen molar-refractivity contribution in [3.05, 3.63) is 35.5 Å². The lowest BCUT2D eigenvalue weighted by molar-refractivity contribution is -0.144. The maximum Gasteiger partial charge on any atom is 0.334 e. The van der Waals surface area contributed by atoms with Crippen molar-refractivity contribution in [1.29, 1.82) is 0 Å². The summed E-state index contributed by atoms with van der Waals surface area (Å²) >= 11 is 0. The molecule has 0 spiro atoms. The summed E-state index contributed by atoms with van der Waals surface area (Å²) in [6.07, 6.45) is 2.98. The smallest absolute Gasteiger partial charge is 0.334 e. The van der Waals surface area contributed by atoms with Crippen molar-refractivity contribution in [3.63, 3.8) is 0 Å². The second kappa shape index (κ2) is 6.48. The Bertz CT molecular complexity index is 557. The van der Waals surface area contributed by atoms with Crippen molar-refractivity contribution < 1.29 is 24.2 Å². The molecule has 1 saturated heterocycles. The van der Waals surface area contributed by atoms with Gasteiger partial charge in [-0.3, -0.25) is 4.79 Å². The molecule has 0 aromatic carbocycles. The first-order chi connectivity index (χ1) is 10.3. The molecule has 4 atom stereocenters. The van der Waals surface area contributed by atoms with Gasteiger partial charge >= 0.3 is 11.9 Å². The van der Waals surface area contributed by atoms with Gasteiger partial charge in [0.1, 0.15) is 12.2 Å². The van der Waals surface area contributed by atoms with Crippen LogP contribution in [-0.2, 0) is 19.1 Å². The molecule has 0 saturated carbocycles. The minimum absolute atomic E-state index is 0.291. The number of esters is 2. The van der Waals surface area contributed by atoms with Crippen molar-refractivity contribution in [2.75, 3.05) is 0 Å². The number of carbonyl (C=O) groups excluding carboxylic acids is 2. The summed E-state index contributed by atoms with van der Waals surface area (Å²) in [6, 6.07) is 0. The summed E-state index contributed by atoms with van der Waals surface area (Å²) in [5.41, 5.74) is 2.06. The Morgan fingerprint density at radius 2 is 2.14 bits per heavy atom. The Morgan fingerprint density at radius 3 is 2.77 bits per heavy atom. The zero-order valence-corrected chi connectivity index (χ0v) is 13.2. The number of rotatable bonds is 1. The fourth-order valence-corrected chi connectivity index (χ4v) is 2.94. The van der Waals surface area contributed by atoms with Crippen LogP contribution in [0, 0.1) is 5.92 Å². The summed E-state index contributed by atoms with van der Waals surface area (Å²) in [7, 11) is 0.